The standard InChI is InChI=1S/C15H20FN3O4/c1-15(8-20,9-21)18-14(23)17-11-6-13(22)19(7-11)12-4-2-3-10(16)5-12/h2-5,11,20-21H,6-9H2,1H3,(H2,17,18,23)/t11-/m0/s1. The molecule has 1 aliphatic rings. The van der Waals surface area contributed by atoms with Crippen LogP contribution in [0.3, 0.4) is 0 Å². The summed E-state index contributed by atoms with van der Waals surface area (Å²) in [6.45, 7) is 0.877. The highest BCUT2D eigenvalue weighted by molar-refractivity contribution is 5.96. The predicted octanol–water partition coefficient (Wildman–Crippen LogP) is -0.0265. The lowest BCUT2D eigenvalue weighted by molar-refractivity contribution is -0.117. The van der Waals surface area contributed by atoms with Gasteiger partial charge in [0.15, 0.2) is 0 Å². The van der Waals surface area contributed by atoms with Crippen LogP contribution in [0.5, 0.6) is 0 Å². The Kier molecular flexibility index (Phi) is 5.17. The number of carbonyl (C=O) groups excluding carboxylic acids is 2. The first-order chi connectivity index (χ1) is 10.9. The Balaban J connectivity index is 1.96. The lowest BCUT2D eigenvalue weighted by atomic mass is 10.1. The summed E-state index contributed by atoms with van der Waals surface area (Å²) in [7, 11) is 0. The van der Waals surface area contributed by atoms with Gasteiger partial charge < -0.3 is 25.7 Å². The fourth-order valence-electron chi connectivity index (χ4n) is 2.32. The number of halogens is 1. The molecule has 1 aromatic rings. The van der Waals surface area contributed by atoms with Crippen LogP contribution in [0.4, 0.5) is 14.9 Å². The molecule has 7 nitrogen and oxygen atoms in total. The molecule has 8 heteroatoms. The van der Waals surface area contributed by atoms with Gasteiger partial charge in [-0.05, 0) is 25.1 Å². The average molecular weight is 325 g/mol. The molecule has 2 rings (SSSR count). The molecule has 126 valence electrons. The van der Waals surface area contributed by atoms with Crippen molar-refractivity contribution in [3.8, 4) is 0 Å². The van der Waals surface area contributed by atoms with E-state index in [0.717, 1.165) is 0 Å². The second kappa shape index (κ2) is 6.93. The van der Waals surface area contributed by atoms with Crippen LogP contribution in [0, 0.1) is 5.82 Å². The number of nitrogens with one attached hydrogen (secondary N) is 2. The van der Waals surface area contributed by atoms with Crippen LogP contribution in [0.15, 0.2) is 24.3 Å². The number of nitrogens with zero attached hydrogens (tertiary/aromatic N) is 1. The van der Waals surface area contributed by atoms with Crippen molar-refractivity contribution in [2.75, 3.05) is 24.7 Å². The Morgan fingerprint density at radius 1 is 1.43 bits per heavy atom. The van der Waals surface area contributed by atoms with E-state index in [1.54, 1.807) is 6.07 Å². The van der Waals surface area contributed by atoms with E-state index in [0.29, 0.717) is 5.69 Å². The number of hydrogen-bond acceptors (Lipinski definition) is 4. The van der Waals surface area contributed by atoms with Gasteiger partial charge in [-0.25, -0.2) is 9.18 Å². The third-order valence-corrected chi connectivity index (χ3v) is 3.69. The molecule has 0 spiro atoms. The van der Waals surface area contributed by atoms with Crippen molar-refractivity contribution in [3.05, 3.63) is 30.1 Å². The fourth-order valence-corrected chi connectivity index (χ4v) is 2.32. The number of aliphatic hydroxyl groups excluding tert-OH is 2. The first-order valence-electron chi connectivity index (χ1n) is 7.23. The van der Waals surface area contributed by atoms with Gasteiger partial charge in [0.05, 0.1) is 24.8 Å². The number of aliphatic hydroxyl groups is 2. The van der Waals surface area contributed by atoms with Gasteiger partial charge in [-0.3, -0.25) is 4.79 Å². The third-order valence-electron chi connectivity index (χ3n) is 3.69. The highest BCUT2D eigenvalue weighted by Gasteiger charge is 2.33. The average Bonchev–Trinajstić information content (AvgIpc) is 2.87. The van der Waals surface area contributed by atoms with Crippen LogP contribution in [0.25, 0.3) is 0 Å². The van der Waals surface area contributed by atoms with Crippen LogP contribution < -0.4 is 15.5 Å². The number of carbonyl (C=O) groups is 2. The van der Waals surface area contributed by atoms with E-state index in [1.807, 2.05) is 0 Å². The minimum atomic E-state index is -1.14. The fraction of sp³-hybridized carbons (Fsp3) is 0.467. The summed E-state index contributed by atoms with van der Waals surface area (Å²) in [5.74, 6) is -0.654. The molecular formula is C15H20FN3O4. The Hall–Kier alpha value is -2.19. The Bertz CT molecular complexity index is 592. The van der Waals surface area contributed by atoms with E-state index in [4.69, 9.17) is 10.2 Å². The summed E-state index contributed by atoms with van der Waals surface area (Å²) in [6, 6.07) is 4.66. The Labute approximate surface area is 133 Å². The summed E-state index contributed by atoms with van der Waals surface area (Å²) >= 11 is 0. The molecule has 0 aliphatic carbocycles. The zero-order chi connectivity index (χ0) is 17.0. The second-order valence-electron chi connectivity index (χ2n) is 5.86. The molecule has 1 fully saturated rings. The maximum Gasteiger partial charge on any atom is 0.315 e. The highest BCUT2D eigenvalue weighted by Crippen LogP contribution is 2.22. The molecule has 4 N–H and O–H groups in total. The van der Waals surface area contributed by atoms with Gasteiger partial charge in [-0.2, -0.15) is 0 Å². The predicted molar refractivity (Wildman–Crippen MR) is 81.4 cm³/mol. The van der Waals surface area contributed by atoms with Crippen molar-refractivity contribution in [1.29, 1.82) is 0 Å². The SMILES string of the molecule is CC(CO)(CO)NC(=O)N[C@H]1CC(=O)N(c2cccc(F)c2)C1. The second-order valence-corrected chi connectivity index (χ2v) is 5.86. The van der Waals surface area contributed by atoms with Crippen molar-refractivity contribution in [1.82, 2.24) is 10.6 Å². The number of hydrogen-bond donors (Lipinski definition) is 4. The molecule has 1 aliphatic heterocycles. The molecule has 1 heterocycles. The van der Waals surface area contributed by atoms with E-state index >= 15 is 0 Å². The Morgan fingerprint density at radius 2 is 2.13 bits per heavy atom. The molecule has 0 bridgehead atoms. The van der Waals surface area contributed by atoms with E-state index in [2.05, 4.69) is 10.6 Å². The zero-order valence-corrected chi connectivity index (χ0v) is 12.8. The smallest absolute Gasteiger partial charge is 0.315 e. The summed E-state index contributed by atoms with van der Waals surface area (Å²) in [6.07, 6.45) is 0.0961. The highest BCUT2D eigenvalue weighted by atomic mass is 19.1. The molecule has 1 aromatic carbocycles. The first kappa shape index (κ1) is 17.2. The van der Waals surface area contributed by atoms with E-state index in [9.17, 15) is 14.0 Å². The van der Waals surface area contributed by atoms with Crippen LogP contribution in [0.1, 0.15) is 13.3 Å². The van der Waals surface area contributed by atoms with Gasteiger partial charge in [0.25, 0.3) is 0 Å². The molecule has 3 amide bonds. The van der Waals surface area contributed by atoms with Crippen molar-refractivity contribution < 1.29 is 24.2 Å². The van der Waals surface area contributed by atoms with Crippen molar-refractivity contribution in [2.24, 2.45) is 0 Å². The van der Waals surface area contributed by atoms with Gasteiger partial charge in [-0.15, -0.1) is 0 Å². The van der Waals surface area contributed by atoms with Crippen LogP contribution >= 0.6 is 0 Å². The molecule has 0 saturated carbocycles. The van der Waals surface area contributed by atoms with E-state index in [-0.39, 0.29) is 18.9 Å². The van der Waals surface area contributed by atoms with Gasteiger partial charge in [0, 0.05) is 18.7 Å². The van der Waals surface area contributed by atoms with Gasteiger partial charge in [0.2, 0.25) is 5.91 Å². The summed E-state index contributed by atoms with van der Waals surface area (Å²) in [4.78, 5) is 25.3. The van der Waals surface area contributed by atoms with Crippen LogP contribution in [-0.4, -0.2) is 53.5 Å². The maximum atomic E-state index is 13.3. The van der Waals surface area contributed by atoms with Crippen molar-refractivity contribution >= 4 is 17.6 Å². The molecule has 1 saturated heterocycles. The van der Waals surface area contributed by atoms with E-state index < -0.39 is 36.6 Å². The lowest BCUT2D eigenvalue weighted by Crippen LogP contribution is -2.56. The number of anilines is 1. The van der Waals surface area contributed by atoms with Crippen LogP contribution in [0.2, 0.25) is 0 Å². The molecule has 1 atom stereocenters. The lowest BCUT2D eigenvalue weighted by Gasteiger charge is -2.27. The number of benzene rings is 1. The molecule has 0 aromatic heterocycles. The molecule has 0 unspecified atom stereocenters. The minimum Gasteiger partial charge on any atom is -0.394 e. The summed E-state index contributed by atoms with van der Waals surface area (Å²) in [5.41, 5.74) is -0.704. The zero-order valence-electron chi connectivity index (χ0n) is 12.8. The topological polar surface area (TPSA) is 102 Å². The van der Waals surface area contributed by atoms with E-state index in [1.165, 1.54) is 30.0 Å². The van der Waals surface area contributed by atoms with Gasteiger partial charge >= 0.3 is 6.03 Å². The number of rotatable bonds is 5. The normalized spacial score (nSPS) is 18.2. The number of urea groups is 1. The van der Waals surface area contributed by atoms with Gasteiger partial charge in [-0.1, -0.05) is 6.07 Å². The minimum absolute atomic E-state index is 0.0961. The summed E-state index contributed by atoms with van der Waals surface area (Å²) < 4.78 is 13.3. The third kappa shape index (κ3) is 4.17. The Morgan fingerprint density at radius 3 is 2.74 bits per heavy atom. The van der Waals surface area contributed by atoms with Crippen LogP contribution in [-0.2, 0) is 4.79 Å². The quantitative estimate of drug-likeness (QED) is 0.611. The largest absolute Gasteiger partial charge is 0.394 e. The van der Waals surface area contributed by atoms with Crippen molar-refractivity contribution in [2.45, 2.75) is 24.9 Å². The maximum absolute atomic E-state index is 13.3. The summed E-state index contributed by atoms with van der Waals surface area (Å²) in [5, 5.41) is 23.4. The monoisotopic (exact) mass is 325 g/mol. The molecule has 23 heavy (non-hydrogen) atoms. The molecular weight excluding hydrogens is 305 g/mol. The van der Waals surface area contributed by atoms with Crippen molar-refractivity contribution in [3.63, 3.8) is 0 Å². The molecule has 0 radical (unpaired) electrons. The number of amides is 3. The van der Waals surface area contributed by atoms with Gasteiger partial charge in [0.1, 0.15) is 5.82 Å². The first-order valence-corrected chi connectivity index (χ1v) is 7.23.